The summed E-state index contributed by atoms with van der Waals surface area (Å²) < 4.78 is 35.5. The van der Waals surface area contributed by atoms with Gasteiger partial charge in [0, 0.05) is 14.2 Å². The zero-order valence-electron chi connectivity index (χ0n) is 11.0. The van der Waals surface area contributed by atoms with Crippen LogP contribution in [0.3, 0.4) is 0 Å². The van der Waals surface area contributed by atoms with Crippen LogP contribution in [-0.4, -0.2) is 54.9 Å². The summed E-state index contributed by atoms with van der Waals surface area (Å²) >= 11 is 0. The van der Waals surface area contributed by atoms with Gasteiger partial charge < -0.3 is 9.47 Å². The van der Waals surface area contributed by atoms with Crippen LogP contribution in [0, 0.1) is 0 Å². The molecule has 0 aliphatic heterocycles. The third kappa shape index (κ3) is 3.00. The summed E-state index contributed by atoms with van der Waals surface area (Å²) in [5, 5.41) is 10.5. The van der Waals surface area contributed by atoms with E-state index in [-0.39, 0.29) is 10.9 Å². The first-order valence-electron chi connectivity index (χ1n) is 5.70. The lowest BCUT2D eigenvalue weighted by molar-refractivity contribution is -0.0852. The molecule has 2 rings (SSSR count). The Morgan fingerprint density at radius 1 is 1.20 bits per heavy atom. The smallest absolute Gasteiger partial charge is 0.272 e. The maximum Gasteiger partial charge on any atom is 0.272 e. The van der Waals surface area contributed by atoms with E-state index in [0.717, 1.165) is 4.68 Å². The molecule has 0 bridgehead atoms. The largest absolute Gasteiger partial charge is 0.355 e. The third-order valence-electron chi connectivity index (χ3n) is 2.60. The molecule has 0 saturated heterocycles. The summed E-state index contributed by atoms with van der Waals surface area (Å²) in [6.07, 6.45) is -0.874. The number of rotatable bonds is 6. The fraction of sp³-hybridized carbons (Fsp3) is 0.364. The maximum absolute atomic E-state index is 12.3. The van der Waals surface area contributed by atoms with Gasteiger partial charge in [-0.15, -0.1) is 0 Å². The van der Waals surface area contributed by atoms with Gasteiger partial charge in [-0.1, -0.05) is 23.3 Å². The van der Waals surface area contributed by atoms with E-state index < -0.39 is 16.1 Å². The van der Waals surface area contributed by atoms with Crippen LogP contribution in [0.1, 0.15) is 0 Å². The number of benzene rings is 1. The molecule has 1 heterocycles. The van der Waals surface area contributed by atoms with E-state index in [1.165, 1.54) is 14.2 Å². The highest BCUT2D eigenvalue weighted by atomic mass is 32.2. The molecule has 1 aromatic heterocycles. The molecule has 8 nitrogen and oxygen atoms in total. The van der Waals surface area contributed by atoms with Gasteiger partial charge in [0.1, 0.15) is 5.75 Å². The lowest BCUT2D eigenvalue weighted by Gasteiger charge is -2.13. The van der Waals surface area contributed by atoms with Crippen molar-refractivity contribution in [1.29, 1.82) is 0 Å². The van der Waals surface area contributed by atoms with Crippen molar-refractivity contribution in [2.45, 2.75) is 11.4 Å². The highest BCUT2D eigenvalue weighted by Crippen LogP contribution is 2.14. The van der Waals surface area contributed by atoms with E-state index in [0.29, 0.717) is 5.69 Å². The van der Waals surface area contributed by atoms with E-state index in [9.17, 15) is 8.42 Å². The molecule has 1 aromatic carbocycles. The standard InChI is InChI=1S/C11H14N4O4S/c1-18-10(19-2)8-20(16,17)11-12-13-14-15(11)9-6-4-3-5-7-9/h3-7,10H,8H2,1-2H3. The Balaban J connectivity index is 2.37. The van der Waals surface area contributed by atoms with Crippen LogP contribution in [0.5, 0.6) is 0 Å². The summed E-state index contributed by atoms with van der Waals surface area (Å²) in [6, 6.07) is 8.76. The average molecular weight is 298 g/mol. The quantitative estimate of drug-likeness (QED) is 0.695. The fourth-order valence-corrected chi connectivity index (χ4v) is 2.94. The van der Waals surface area contributed by atoms with Gasteiger partial charge in [-0.3, -0.25) is 0 Å². The predicted octanol–water partition coefficient (Wildman–Crippen LogP) is 0.0549. The van der Waals surface area contributed by atoms with Crippen LogP contribution in [0.4, 0.5) is 0 Å². The Labute approximate surface area is 116 Å². The Bertz CT molecular complexity index is 652. The minimum absolute atomic E-state index is 0.247. The second-order valence-electron chi connectivity index (χ2n) is 3.89. The van der Waals surface area contributed by atoms with Gasteiger partial charge in [0.15, 0.2) is 6.29 Å². The van der Waals surface area contributed by atoms with E-state index in [1.807, 2.05) is 6.07 Å². The number of nitrogens with zero attached hydrogens (tertiary/aromatic N) is 4. The normalized spacial score (nSPS) is 11.9. The van der Waals surface area contributed by atoms with Crippen molar-refractivity contribution >= 4 is 9.84 Å². The minimum Gasteiger partial charge on any atom is -0.355 e. The molecular formula is C11H14N4O4S. The van der Waals surface area contributed by atoms with Crippen LogP contribution >= 0.6 is 0 Å². The van der Waals surface area contributed by atoms with E-state index in [4.69, 9.17) is 9.47 Å². The van der Waals surface area contributed by atoms with Crippen LogP contribution in [0.15, 0.2) is 35.5 Å². The molecule has 0 amide bonds. The monoisotopic (exact) mass is 298 g/mol. The van der Waals surface area contributed by atoms with Gasteiger partial charge in [0.05, 0.1) is 5.69 Å². The zero-order chi connectivity index (χ0) is 14.6. The second-order valence-corrected chi connectivity index (χ2v) is 5.82. The molecule has 0 aliphatic rings. The fourth-order valence-electron chi connectivity index (χ4n) is 1.59. The first-order chi connectivity index (χ1) is 9.58. The van der Waals surface area contributed by atoms with Gasteiger partial charge >= 0.3 is 0 Å². The summed E-state index contributed by atoms with van der Waals surface area (Å²) in [5.74, 6) is -0.368. The average Bonchev–Trinajstić information content (AvgIpc) is 2.96. The third-order valence-corrected chi connectivity index (χ3v) is 4.12. The number of hydrogen-bond acceptors (Lipinski definition) is 7. The molecule has 2 aromatic rings. The molecule has 0 spiro atoms. The minimum atomic E-state index is -3.74. The Hall–Kier alpha value is -1.84. The highest BCUT2D eigenvalue weighted by molar-refractivity contribution is 7.91. The molecular weight excluding hydrogens is 284 g/mol. The molecule has 9 heteroatoms. The molecule has 0 radical (unpaired) electrons. The van der Waals surface area contributed by atoms with Crippen molar-refractivity contribution in [3.63, 3.8) is 0 Å². The molecule has 0 N–H and O–H groups in total. The summed E-state index contributed by atoms with van der Waals surface area (Å²) in [4.78, 5) is 0. The van der Waals surface area contributed by atoms with Gasteiger partial charge in [-0.25, -0.2) is 8.42 Å². The van der Waals surface area contributed by atoms with Gasteiger partial charge in [-0.2, -0.15) is 4.68 Å². The predicted molar refractivity (Wildman–Crippen MR) is 69.0 cm³/mol. The van der Waals surface area contributed by atoms with Gasteiger partial charge in [-0.05, 0) is 22.6 Å². The number of tetrazole rings is 1. The van der Waals surface area contributed by atoms with E-state index in [2.05, 4.69) is 15.5 Å². The van der Waals surface area contributed by atoms with Crippen molar-refractivity contribution in [2.75, 3.05) is 20.0 Å². The summed E-state index contributed by atoms with van der Waals surface area (Å²) in [6.45, 7) is 0. The molecule has 0 atom stereocenters. The van der Waals surface area contributed by atoms with E-state index >= 15 is 0 Å². The molecule has 20 heavy (non-hydrogen) atoms. The van der Waals surface area contributed by atoms with Crippen LogP contribution in [0.2, 0.25) is 0 Å². The summed E-state index contributed by atoms with van der Waals surface area (Å²) in [7, 11) is -1.01. The molecule has 0 unspecified atom stereocenters. The van der Waals surface area contributed by atoms with Crippen molar-refractivity contribution in [2.24, 2.45) is 0 Å². The number of aromatic nitrogens is 4. The number of sulfone groups is 1. The van der Waals surface area contributed by atoms with Crippen molar-refractivity contribution in [3.8, 4) is 5.69 Å². The van der Waals surface area contributed by atoms with Crippen molar-refractivity contribution < 1.29 is 17.9 Å². The highest BCUT2D eigenvalue weighted by Gasteiger charge is 2.27. The van der Waals surface area contributed by atoms with Gasteiger partial charge in [0.25, 0.3) is 5.16 Å². The lowest BCUT2D eigenvalue weighted by Crippen LogP contribution is -2.26. The molecule has 0 fully saturated rings. The maximum atomic E-state index is 12.3. The molecule has 0 aliphatic carbocycles. The van der Waals surface area contributed by atoms with Crippen molar-refractivity contribution in [3.05, 3.63) is 30.3 Å². The Morgan fingerprint density at radius 2 is 1.85 bits per heavy atom. The van der Waals surface area contributed by atoms with Crippen LogP contribution in [-0.2, 0) is 19.3 Å². The van der Waals surface area contributed by atoms with Crippen molar-refractivity contribution in [1.82, 2.24) is 20.2 Å². The Morgan fingerprint density at radius 3 is 2.45 bits per heavy atom. The number of methoxy groups -OCH3 is 2. The van der Waals surface area contributed by atoms with Gasteiger partial charge in [0.2, 0.25) is 9.84 Å². The lowest BCUT2D eigenvalue weighted by atomic mass is 10.3. The number of hydrogen-bond donors (Lipinski definition) is 0. The summed E-state index contributed by atoms with van der Waals surface area (Å²) in [5.41, 5.74) is 0.558. The second kappa shape index (κ2) is 6.07. The number of para-hydroxylation sites is 1. The first kappa shape index (κ1) is 14.6. The van der Waals surface area contributed by atoms with E-state index in [1.54, 1.807) is 24.3 Å². The topological polar surface area (TPSA) is 96.2 Å². The molecule has 108 valence electrons. The molecule has 0 saturated carbocycles. The van der Waals surface area contributed by atoms with Crippen LogP contribution < -0.4 is 0 Å². The van der Waals surface area contributed by atoms with Crippen LogP contribution in [0.25, 0.3) is 5.69 Å². The number of ether oxygens (including phenoxy) is 2. The zero-order valence-corrected chi connectivity index (χ0v) is 11.8. The SMILES string of the molecule is COC(CS(=O)(=O)c1nnnn1-c1ccccc1)OC. The Kier molecular flexibility index (Phi) is 4.42. The first-order valence-corrected chi connectivity index (χ1v) is 7.36.